The number of carbonyl (C=O) groups excluding carboxylic acids is 2. The highest BCUT2D eigenvalue weighted by Crippen LogP contribution is 2.27. The first-order valence-corrected chi connectivity index (χ1v) is 12.3. The predicted octanol–water partition coefficient (Wildman–Crippen LogP) is 3.93. The van der Waals surface area contributed by atoms with Crippen LogP contribution in [-0.4, -0.2) is 41.6 Å². The Morgan fingerprint density at radius 3 is 2.61 bits per heavy atom. The Labute approximate surface area is 210 Å². The van der Waals surface area contributed by atoms with E-state index in [-0.39, 0.29) is 18.4 Å². The maximum Gasteiger partial charge on any atom is 0.246 e. The number of benzene rings is 3. The van der Waals surface area contributed by atoms with Crippen LogP contribution < -0.4 is 15.0 Å². The van der Waals surface area contributed by atoms with Crippen LogP contribution in [0.5, 0.6) is 5.75 Å². The first-order valence-electron chi connectivity index (χ1n) is 12.3. The number of fused-ring (bicyclic) bond motifs is 2. The summed E-state index contributed by atoms with van der Waals surface area (Å²) in [7, 11) is 1.62. The zero-order valence-electron chi connectivity index (χ0n) is 20.4. The molecule has 0 aliphatic carbocycles. The maximum atomic E-state index is 13.5. The van der Waals surface area contributed by atoms with Gasteiger partial charge in [-0.3, -0.25) is 9.59 Å². The SMILES string of the molecule is COc1ccc(CC(=O)NCCc2nc3ccccc3n2CC(=O)N2CCCc3ccccc32)cc1. The lowest BCUT2D eigenvalue weighted by molar-refractivity contribution is -0.120. The monoisotopic (exact) mass is 482 g/mol. The van der Waals surface area contributed by atoms with E-state index in [1.54, 1.807) is 7.11 Å². The summed E-state index contributed by atoms with van der Waals surface area (Å²) in [5.41, 5.74) is 4.92. The van der Waals surface area contributed by atoms with Crippen LogP contribution in [0.1, 0.15) is 23.4 Å². The van der Waals surface area contributed by atoms with Crippen LogP contribution in [0.3, 0.4) is 0 Å². The molecule has 1 aliphatic rings. The lowest BCUT2D eigenvalue weighted by atomic mass is 10.0. The van der Waals surface area contributed by atoms with Crippen molar-refractivity contribution in [2.75, 3.05) is 25.1 Å². The van der Waals surface area contributed by atoms with E-state index in [0.29, 0.717) is 19.4 Å². The minimum atomic E-state index is -0.0520. The molecular weight excluding hydrogens is 452 g/mol. The van der Waals surface area contributed by atoms with Crippen molar-refractivity contribution >= 4 is 28.5 Å². The zero-order chi connectivity index (χ0) is 24.9. The third-order valence-electron chi connectivity index (χ3n) is 6.63. The van der Waals surface area contributed by atoms with Gasteiger partial charge < -0.3 is 19.5 Å². The second-order valence-corrected chi connectivity index (χ2v) is 9.01. The topological polar surface area (TPSA) is 76.5 Å². The summed E-state index contributed by atoms with van der Waals surface area (Å²) in [6.45, 7) is 1.38. The van der Waals surface area contributed by atoms with E-state index in [0.717, 1.165) is 53.2 Å². The van der Waals surface area contributed by atoms with Crippen LogP contribution in [0.4, 0.5) is 5.69 Å². The van der Waals surface area contributed by atoms with Gasteiger partial charge >= 0.3 is 0 Å². The number of methoxy groups -OCH3 is 1. The molecule has 2 heterocycles. The van der Waals surface area contributed by atoms with Crippen molar-refractivity contribution in [3.63, 3.8) is 0 Å². The normalized spacial score (nSPS) is 12.9. The van der Waals surface area contributed by atoms with Crippen molar-refractivity contribution in [2.24, 2.45) is 0 Å². The van der Waals surface area contributed by atoms with Crippen LogP contribution in [0.25, 0.3) is 11.0 Å². The number of anilines is 1. The van der Waals surface area contributed by atoms with Gasteiger partial charge in [0.15, 0.2) is 0 Å². The Morgan fingerprint density at radius 1 is 1.00 bits per heavy atom. The van der Waals surface area contributed by atoms with Crippen molar-refractivity contribution in [1.82, 2.24) is 14.9 Å². The average molecular weight is 483 g/mol. The molecule has 7 heteroatoms. The molecule has 184 valence electrons. The largest absolute Gasteiger partial charge is 0.497 e. The third kappa shape index (κ3) is 5.10. The minimum absolute atomic E-state index is 0.0510. The van der Waals surface area contributed by atoms with Gasteiger partial charge in [-0.05, 0) is 54.3 Å². The molecule has 1 N–H and O–H groups in total. The van der Waals surface area contributed by atoms with Crippen molar-refractivity contribution in [2.45, 2.75) is 32.2 Å². The molecule has 36 heavy (non-hydrogen) atoms. The van der Waals surface area contributed by atoms with E-state index in [1.165, 1.54) is 5.56 Å². The minimum Gasteiger partial charge on any atom is -0.497 e. The smallest absolute Gasteiger partial charge is 0.246 e. The van der Waals surface area contributed by atoms with Gasteiger partial charge in [-0.2, -0.15) is 0 Å². The van der Waals surface area contributed by atoms with Crippen molar-refractivity contribution < 1.29 is 14.3 Å². The molecule has 1 aliphatic heterocycles. The Kier molecular flexibility index (Phi) is 6.98. The highest BCUT2D eigenvalue weighted by molar-refractivity contribution is 5.95. The standard InChI is InChI=1S/C29H30N4O3/c1-36-23-14-12-21(13-15-23)19-28(34)30-17-16-27-31-24-9-3-5-11-26(24)33(27)20-29(35)32-18-6-8-22-7-2-4-10-25(22)32/h2-5,7,9-15H,6,8,16-20H2,1H3,(H,30,34). The second kappa shape index (κ2) is 10.6. The molecule has 0 saturated heterocycles. The van der Waals surface area contributed by atoms with Crippen LogP contribution in [0, 0.1) is 0 Å². The van der Waals surface area contributed by atoms with E-state index in [9.17, 15) is 9.59 Å². The molecule has 0 radical (unpaired) electrons. The number of para-hydroxylation sites is 3. The van der Waals surface area contributed by atoms with Gasteiger partial charge in [-0.15, -0.1) is 0 Å². The fraction of sp³-hybridized carbons (Fsp3) is 0.276. The van der Waals surface area contributed by atoms with E-state index in [4.69, 9.17) is 9.72 Å². The number of aromatic nitrogens is 2. The maximum absolute atomic E-state index is 13.5. The van der Waals surface area contributed by atoms with E-state index in [2.05, 4.69) is 11.4 Å². The lowest BCUT2D eigenvalue weighted by Gasteiger charge is -2.29. The molecule has 4 aromatic rings. The van der Waals surface area contributed by atoms with Crippen LogP contribution >= 0.6 is 0 Å². The Morgan fingerprint density at radius 2 is 1.78 bits per heavy atom. The fourth-order valence-corrected chi connectivity index (χ4v) is 4.81. The number of ether oxygens (including phenoxy) is 1. The molecule has 0 spiro atoms. The molecule has 0 unspecified atom stereocenters. The summed E-state index contributed by atoms with van der Waals surface area (Å²) >= 11 is 0. The lowest BCUT2D eigenvalue weighted by Crippen LogP contribution is -2.38. The molecule has 0 saturated carbocycles. The summed E-state index contributed by atoms with van der Waals surface area (Å²) in [6.07, 6.45) is 2.79. The van der Waals surface area contributed by atoms with Crippen molar-refractivity contribution in [1.29, 1.82) is 0 Å². The van der Waals surface area contributed by atoms with Gasteiger partial charge in [0.1, 0.15) is 18.1 Å². The summed E-state index contributed by atoms with van der Waals surface area (Å²) in [5, 5.41) is 2.99. The van der Waals surface area contributed by atoms with Crippen LogP contribution in [0.2, 0.25) is 0 Å². The third-order valence-corrected chi connectivity index (χ3v) is 6.63. The molecule has 1 aromatic heterocycles. The molecule has 0 atom stereocenters. The Hall–Kier alpha value is -4.13. The number of hydrogen-bond donors (Lipinski definition) is 1. The number of carbonyl (C=O) groups is 2. The number of amides is 2. The summed E-state index contributed by atoms with van der Waals surface area (Å²) in [4.78, 5) is 32.6. The predicted molar refractivity (Wildman–Crippen MR) is 140 cm³/mol. The van der Waals surface area contributed by atoms with E-state index in [1.807, 2.05) is 76.2 Å². The molecule has 7 nitrogen and oxygen atoms in total. The fourth-order valence-electron chi connectivity index (χ4n) is 4.81. The van der Waals surface area contributed by atoms with Gasteiger partial charge in [0.05, 0.1) is 24.6 Å². The Balaban J connectivity index is 1.27. The zero-order valence-corrected chi connectivity index (χ0v) is 20.4. The Bertz CT molecular complexity index is 1380. The summed E-state index contributed by atoms with van der Waals surface area (Å²) in [6, 6.07) is 23.5. The van der Waals surface area contributed by atoms with Crippen molar-refractivity contribution in [3.8, 4) is 5.75 Å². The number of rotatable bonds is 8. The van der Waals surface area contributed by atoms with E-state index < -0.39 is 0 Å². The van der Waals surface area contributed by atoms with Crippen molar-refractivity contribution in [3.05, 3.63) is 89.7 Å². The summed E-state index contributed by atoms with van der Waals surface area (Å²) in [5.74, 6) is 1.55. The number of hydrogen-bond acceptors (Lipinski definition) is 4. The van der Waals surface area contributed by atoms with Gasteiger partial charge in [0.2, 0.25) is 11.8 Å². The van der Waals surface area contributed by atoms with Gasteiger partial charge in [-0.25, -0.2) is 4.98 Å². The average Bonchev–Trinajstić information content (AvgIpc) is 3.25. The molecular formula is C29H30N4O3. The highest BCUT2D eigenvalue weighted by Gasteiger charge is 2.24. The van der Waals surface area contributed by atoms with Crippen LogP contribution in [0.15, 0.2) is 72.8 Å². The van der Waals surface area contributed by atoms with E-state index >= 15 is 0 Å². The second-order valence-electron chi connectivity index (χ2n) is 9.01. The van der Waals surface area contributed by atoms with Gasteiger partial charge in [0.25, 0.3) is 0 Å². The number of imidazole rings is 1. The molecule has 2 amide bonds. The molecule has 3 aromatic carbocycles. The first kappa shape index (κ1) is 23.6. The molecule has 5 rings (SSSR count). The van der Waals surface area contributed by atoms with Crippen LogP contribution in [-0.2, 0) is 35.4 Å². The number of nitrogens with one attached hydrogen (secondary N) is 1. The quantitative estimate of drug-likeness (QED) is 0.413. The number of aryl methyl sites for hydroxylation is 1. The number of nitrogens with zero attached hydrogens (tertiary/aromatic N) is 3. The first-order chi connectivity index (χ1) is 17.6. The molecule has 0 fully saturated rings. The highest BCUT2D eigenvalue weighted by atomic mass is 16.5. The molecule has 0 bridgehead atoms. The van der Waals surface area contributed by atoms with Gasteiger partial charge in [-0.1, -0.05) is 42.5 Å². The summed E-state index contributed by atoms with van der Waals surface area (Å²) < 4.78 is 7.16. The van der Waals surface area contributed by atoms with Gasteiger partial charge in [0, 0.05) is 25.2 Å².